The zero-order valence-corrected chi connectivity index (χ0v) is 13.4. The Morgan fingerprint density at radius 3 is 2.70 bits per heavy atom. The van der Waals surface area contributed by atoms with Crippen LogP contribution in [0.4, 0.5) is 4.79 Å². The van der Waals surface area contributed by atoms with Crippen molar-refractivity contribution < 1.29 is 19.1 Å². The molecule has 1 aromatic carbocycles. The molecule has 0 saturated carbocycles. The largest absolute Gasteiger partial charge is 0.466 e. The van der Waals surface area contributed by atoms with Crippen molar-refractivity contribution in [3.63, 3.8) is 0 Å². The van der Waals surface area contributed by atoms with Gasteiger partial charge in [0.25, 0.3) is 0 Å². The van der Waals surface area contributed by atoms with Crippen molar-refractivity contribution in [3.8, 4) is 0 Å². The molecular weight excluding hydrogens is 300 g/mol. The van der Waals surface area contributed by atoms with Gasteiger partial charge in [-0.1, -0.05) is 12.1 Å². The molecular formula is C15H18N4O4. The normalized spacial score (nSPS) is 11.7. The van der Waals surface area contributed by atoms with Gasteiger partial charge in [0.05, 0.1) is 7.11 Å². The maximum Gasteiger partial charge on any atom is 0.428 e. The Labute approximate surface area is 133 Å². The first-order valence-corrected chi connectivity index (χ1v) is 6.90. The highest BCUT2D eigenvalue weighted by atomic mass is 16.6. The third-order valence-corrected chi connectivity index (χ3v) is 2.70. The van der Waals surface area contributed by atoms with Gasteiger partial charge in [-0.2, -0.15) is 0 Å². The monoisotopic (exact) mass is 318 g/mol. The average molecular weight is 318 g/mol. The van der Waals surface area contributed by atoms with Crippen LogP contribution in [0.25, 0.3) is 17.1 Å². The van der Waals surface area contributed by atoms with Crippen LogP contribution in [-0.4, -0.2) is 39.9 Å². The molecule has 0 aliphatic heterocycles. The Kier molecular flexibility index (Phi) is 4.63. The van der Waals surface area contributed by atoms with E-state index in [0.29, 0.717) is 16.6 Å². The van der Waals surface area contributed by atoms with E-state index >= 15 is 0 Å². The highest BCUT2D eigenvalue weighted by molar-refractivity contribution is 5.92. The molecule has 122 valence electrons. The Morgan fingerprint density at radius 2 is 2.04 bits per heavy atom. The third-order valence-electron chi connectivity index (χ3n) is 2.70. The van der Waals surface area contributed by atoms with Gasteiger partial charge < -0.3 is 9.47 Å². The number of amides is 1. The maximum atomic E-state index is 11.9. The lowest BCUT2D eigenvalue weighted by atomic mass is 10.1. The quantitative estimate of drug-likeness (QED) is 0.688. The number of carbonyl (C=O) groups is 2. The number of nitrogens with zero attached hydrogens (tertiary/aromatic N) is 3. The van der Waals surface area contributed by atoms with E-state index in [2.05, 4.69) is 20.5 Å². The van der Waals surface area contributed by atoms with Gasteiger partial charge in [0, 0.05) is 11.6 Å². The van der Waals surface area contributed by atoms with Crippen LogP contribution >= 0.6 is 0 Å². The van der Waals surface area contributed by atoms with Gasteiger partial charge in [-0.15, -0.1) is 9.89 Å². The van der Waals surface area contributed by atoms with Gasteiger partial charge >= 0.3 is 12.1 Å². The van der Waals surface area contributed by atoms with E-state index in [9.17, 15) is 9.59 Å². The third kappa shape index (κ3) is 4.29. The van der Waals surface area contributed by atoms with Crippen LogP contribution in [0.2, 0.25) is 0 Å². The van der Waals surface area contributed by atoms with Crippen LogP contribution in [0.5, 0.6) is 0 Å². The zero-order valence-electron chi connectivity index (χ0n) is 13.4. The Bertz CT molecular complexity index is 758. The Hall–Kier alpha value is -2.90. The number of ether oxygens (including phenoxy) is 2. The lowest BCUT2D eigenvalue weighted by molar-refractivity contribution is -0.134. The van der Waals surface area contributed by atoms with Crippen molar-refractivity contribution in [2.24, 2.45) is 0 Å². The van der Waals surface area contributed by atoms with Gasteiger partial charge in [-0.25, -0.2) is 15.0 Å². The molecule has 2 aromatic rings. The summed E-state index contributed by atoms with van der Waals surface area (Å²) in [5.41, 5.74) is 3.61. The molecule has 1 aromatic heterocycles. The smallest absolute Gasteiger partial charge is 0.428 e. The fraction of sp³-hybridized carbons (Fsp3) is 0.333. The van der Waals surface area contributed by atoms with Crippen molar-refractivity contribution in [1.29, 1.82) is 0 Å². The van der Waals surface area contributed by atoms with E-state index in [1.54, 1.807) is 45.0 Å². The summed E-state index contributed by atoms with van der Waals surface area (Å²) in [6.45, 7) is 5.28. The van der Waals surface area contributed by atoms with Crippen LogP contribution in [0, 0.1) is 0 Å². The fourth-order valence-corrected chi connectivity index (χ4v) is 1.82. The Balaban J connectivity index is 2.33. The maximum absolute atomic E-state index is 11.9. The summed E-state index contributed by atoms with van der Waals surface area (Å²) in [5, 5.41) is 7.85. The number of esters is 1. The lowest BCUT2D eigenvalue weighted by Gasteiger charge is -2.19. The molecule has 2 rings (SSSR count). The molecule has 8 heteroatoms. The molecule has 0 fully saturated rings. The molecule has 0 bridgehead atoms. The molecule has 0 unspecified atom stereocenters. The minimum Gasteiger partial charge on any atom is -0.466 e. The second-order valence-corrected chi connectivity index (χ2v) is 5.69. The predicted molar refractivity (Wildman–Crippen MR) is 84.2 cm³/mol. The van der Waals surface area contributed by atoms with Crippen molar-refractivity contribution in [2.75, 3.05) is 12.5 Å². The van der Waals surface area contributed by atoms with Crippen LogP contribution in [0.3, 0.4) is 0 Å². The molecule has 23 heavy (non-hydrogen) atoms. The molecule has 1 N–H and O–H groups in total. The molecule has 0 radical (unpaired) electrons. The summed E-state index contributed by atoms with van der Waals surface area (Å²) >= 11 is 0. The molecule has 0 aliphatic carbocycles. The Morgan fingerprint density at radius 1 is 1.30 bits per heavy atom. The minimum absolute atomic E-state index is 0.485. The SMILES string of the molecule is COC(=O)/C=C/c1cccc2nnn(NC(=O)OC(C)(C)C)c12. The van der Waals surface area contributed by atoms with Crippen LogP contribution in [0.1, 0.15) is 26.3 Å². The zero-order chi connectivity index (χ0) is 17.0. The summed E-state index contributed by atoms with van der Waals surface area (Å²) < 4.78 is 9.75. The number of hydrogen-bond donors (Lipinski definition) is 1. The highest BCUT2D eigenvalue weighted by Gasteiger charge is 2.18. The molecule has 0 saturated heterocycles. The van der Waals surface area contributed by atoms with Crippen molar-refractivity contribution in [1.82, 2.24) is 15.1 Å². The van der Waals surface area contributed by atoms with Gasteiger partial charge in [0.1, 0.15) is 16.6 Å². The van der Waals surface area contributed by atoms with Crippen LogP contribution in [-0.2, 0) is 14.3 Å². The molecule has 1 amide bonds. The number of hydrogen-bond acceptors (Lipinski definition) is 6. The average Bonchev–Trinajstić information content (AvgIpc) is 2.86. The first kappa shape index (κ1) is 16.5. The highest BCUT2D eigenvalue weighted by Crippen LogP contribution is 2.17. The fourth-order valence-electron chi connectivity index (χ4n) is 1.82. The van der Waals surface area contributed by atoms with Crippen molar-refractivity contribution in [2.45, 2.75) is 26.4 Å². The molecule has 1 heterocycles. The van der Waals surface area contributed by atoms with Crippen LogP contribution in [0.15, 0.2) is 24.3 Å². The van der Waals surface area contributed by atoms with Gasteiger partial charge in [0.15, 0.2) is 0 Å². The number of aromatic nitrogens is 3. The molecule has 0 aliphatic rings. The number of para-hydroxylation sites is 1. The number of rotatable bonds is 3. The van der Waals surface area contributed by atoms with E-state index in [1.165, 1.54) is 18.0 Å². The summed E-state index contributed by atoms with van der Waals surface area (Å²) in [6.07, 6.45) is 2.18. The first-order valence-electron chi connectivity index (χ1n) is 6.90. The van der Waals surface area contributed by atoms with E-state index in [-0.39, 0.29) is 0 Å². The topological polar surface area (TPSA) is 95.3 Å². The van der Waals surface area contributed by atoms with E-state index in [0.717, 1.165) is 0 Å². The summed E-state index contributed by atoms with van der Waals surface area (Å²) in [7, 11) is 1.29. The standard InChI is InChI=1S/C15H18N4O4/c1-15(2,3)23-14(21)17-19-13-10(8-9-12(20)22-4)6-5-7-11(13)16-18-19/h5-9H,1-4H3,(H,17,21)/b9-8+. The van der Waals surface area contributed by atoms with Crippen LogP contribution < -0.4 is 5.43 Å². The number of fused-ring (bicyclic) bond motifs is 1. The summed E-state index contributed by atoms with van der Waals surface area (Å²) in [6, 6.07) is 5.27. The van der Waals surface area contributed by atoms with Crippen molar-refractivity contribution in [3.05, 3.63) is 29.8 Å². The number of benzene rings is 1. The van der Waals surface area contributed by atoms with E-state index in [4.69, 9.17) is 4.74 Å². The summed E-state index contributed by atoms with van der Waals surface area (Å²) in [4.78, 5) is 24.3. The number of methoxy groups -OCH3 is 1. The molecule has 8 nitrogen and oxygen atoms in total. The minimum atomic E-state index is -0.656. The summed E-state index contributed by atoms with van der Waals surface area (Å²) in [5.74, 6) is -0.485. The number of nitrogens with one attached hydrogen (secondary N) is 1. The molecule has 0 spiro atoms. The predicted octanol–water partition coefficient (Wildman–Crippen LogP) is 2.10. The lowest BCUT2D eigenvalue weighted by Crippen LogP contribution is -2.32. The second kappa shape index (κ2) is 6.47. The van der Waals surface area contributed by atoms with Gasteiger partial charge in [0.2, 0.25) is 0 Å². The van der Waals surface area contributed by atoms with Gasteiger partial charge in [-0.05, 0) is 38.1 Å². The number of carbonyl (C=O) groups excluding carboxylic acids is 2. The second-order valence-electron chi connectivity index (χ2n) is 5.69. The molecule has 0 atom stereocenters. The first-order chi connectivity index (χ1) is 10.8. The van der Waals surface area contributed by atoms with E-state index in [1.807, 2.05) is 0 Å². The van der Waals surface area contributed by atoms with Crippen molar-refractivity contribution >= 4 is 29.2 Å². The van der Waals surface area contributed by atoms with E-state index < -0.39 is 17.7 Å². The van der Waals surface area contributed by atoms with Gasteiger partial charge in [-0.3, -0.25) is 0 Å².